The fourth-order valence-electron chi connectivity index (χ4n) is 2.33. The molecule has 0 radical (unpaired) electrons. The van der Waals surface area contributed by atoms with E-state index in [-0.39, 0.29) is 11.8 Å². The van der Waals surface area contributed by atoms with Gasteiger partial charge in [0.1, 0.15) is 5.75 Å². The third-order valence-electron chi connectivity index (χ3n) is 3.82. The Morgan fingerprint density at radius 2 is 1.87 bits per heavy atom. The lowest BCUT2D eigenvalue weighted by atomic mass is 9.80. The number of rotatable bonds is 7. The van der Waals surface area contributed by atoms with Crippen LogP contribution in [-0.4, -0.2) is 29.8 Å². The van der Waals surface area contributed by atoms with Gasteiger partial charge in [0.15, 0.2) is 6.10 Å². The molecule has 5 nitrogen and oxygen atoms in total. The van der Waals surface area contributed by atoms with Crippen molar-refractivity contribution in [2.75, 3.05) is 6.54 Å². The fraction of sp³-hybridized carbons (Fsp3) is 0.556. The van der Waals surface area contributed by atoms with Crippen LogP contribution in [0.2, 0.25) is 0 Å². The van der Waals surface area contributed by atoms with Crippen molar-refractivity contribution in [3.05, 3.63) is 29.8 Å². The van der Waals surface area contributed by atoms with Crippen LogP contribution in [0, 0.1) is 22.7 Å². The normalized spacial score (nSPS) is 14.0. The van der Waals surface area contributed by atoms with Crippen molar-refractivity contribution in [2.24, 2.45) is 11.3 Å². The molecule has 1 aromatic rings. The number of nitrogens with zero attached hydrogens (tertiary/aromatic N) is 1. The molecule has 0 saturated heterocycles. The molecule has 1 aromatic carbocycles. The molecule has 0 aliphatic heterocycles. The lowest BCUT2D eigenvalue weighted by Gasteiger charge is -2.33. The number of aliphatic hydroxyl groups excluding tert-OH is 1. The number of hydrogen-bond acceptors (Lipinski definition) is 4. The summed E-state index contributed by atoms with van der Waals surface area (Å²) >= 11 is 0. The highest BCUT2D eigenvalue weighted by Crippen LogP contribution is 2.25. The summed E-state index contributed by atoms with van der Waals surface area (Å²) < 4.78 is 5.56. The average Bonchev–Trinajstić information content (AvgIpc) is 2.52. The van der Waals surface area contributed by atoms with E-state index in [0.717, 1.165) is 0 Å². The van der Waals surface area contributed by atoms with E-state index in [2.05, 4.69) is 5.32 Å². The van der Waals surface area contributed by atoms with Crippen LogP contribution in [-0.2, 0) is 4.79 Å². The second-order valence-corrected chi connectivity index (χ2v) is 6.79. The molecule has 0 spiro atoms. The van der Waals surface area contributed by atoms with Crippen LogP contribution in [0.5, 0.6) is 5.75 Å². The second kappa shape index (κ2) is 7.98. The van der Waals surface area contributed by atoms with Crippen molar-refractivity contribution in [1.82, 2.24) is 5.32 Å². The lowest BCUT2D eigenvalue weighted by Crippen LogP contribution is -2.46. The zero-order valence-electron chi connectivity index (χ0n) is 14.5. The van der Waals surface area contributed by atoms with E-state index in [4.69, 9.17) is 10.00 Å². The Balaban J connectivity index is 2.55. The van der Waals surface area contributed by atoms with Crippen molar-refractivity contribution in [2.45, 2.75) is 46.8 Å². The predicted molar refractivity (Wildman–Crippen MR) is 88.9 cm³/mol. The molecule has 0 heterocycles. The van der Waals surface area contributed by atoms with Crippen LogP contribution in [0.3, 0.4) is 0 Å². The van der Waals surface area contributed by atoms with E-state index < -0.39 is 17.6 Å². The number of ether oxygens (including phenoxy) is 1. The first-order valence-corrected chi connectivity index (χ1v) is 7.80. The third kappa shape index (κ3) is 5.57. The van der Waals surface area contributed by atoms with Crippen LogP contribution in [0.15, 0.2) is 24.3 Å². The van der Waals surface area contributed by atoms with E-state index in [1.165, 1.54) is 0 Å². The van der Waals surface area contributed by atoms with Gasteiger partial charge in [-0.25, -0.2) is 0 Å². The Hall–Kier alpha value is -2.06. The Bertz CT molecular complexity index is 559. The first-order valence-electron chi connectivity index (χ1n) is 7.80. The summed E-state index contributed by atoms with van der Waals surface area (Å²) in [5.74, 6) is 0.417. The molecule has 2 atom stereocenters. The molecule has 0 aliphatic carbocycles. The Morgan fingerprint density at radius 3 is 2.35 bits per heavy atom. The number of carbonyl (C=O) groups is 1. The molecule has 0 aliphatic rings. The van der Waals surface area contributed by atoms with E-state index >= 15 is 0 Å². The fourth-order valence-corrected chi connectivity index (χ4v) is 2.33. The van der Waals surface area contributed by atoms with Crippen LogP contribution in [0.25, 0.3) is 0 Å². The highest BCUT2D eigenvalue weighted by molar-refractivity contribution is 5.80. The summed E-state index contributed by atoms with van der Waals surface area (Å²) in [6.07, 6.45) is -1.16. The maximum Gasteiger partial charge on any atom is 0.260 e. The monoisotopic (exact) mass is 318 g/mol. The van der Waals surface area contributed by atoms with Crippen molar-refractivity contribution in [3.63, 3.8) is 0 Å². The molecule has 1 amide bonds. The van der Waals surface area contributed by atoms with Gasteiger partial charge in [-0.15, -0.1) is 0 Å². The number of nitriles is 1. The smallest absolute Gasteiger partial charge is 0.260 e. The SMILES string of the molecule is CC(Oc1ccc(C#N)cc1)C(=O)NCC(C)(C)C(O)C(C)C. The molecule has 0 aromatic heterocycles. The van der Waals surface area contributed by atoms with Gasteiger partial charge in [0, 0.05) is 12.0 Å². The summed E-state index contributed by atoms with van der Waals surface area (Å²) in [6, 6.07) is 8.63. The van der Waals surface area contributed by atoms with E-state index in [0.29, 0.717) is 17.9 Å². The Morgan fingerprint density at radius 1 is 1.30 bits per heavy atom. The van der Waals surface area contributed by atoms with Gasteiger partial charge >= 0.3 is 0 Å². The summed E-state index contributed by atoms with van der Waals surface area (Å²) in [6.45, 7) is 9.77. The van der Waals surface area contributed by atoms with Crippen molar-refractivity contribution in [1.29, 1.82) is 5.26 Å². The van der Waals surface area contributed by atoms with Gasteiger partial charge in [-0.1, -0.05) is 27.7 Å². The highest BCUT2D eigenvalue weighted by Gasteiger charge is 2.31. The van der Waals surface area contributed by atoms with Gasteiger partial charge in [-0.2, -0.15) is 5.26 Å². The molecule has 0 fully saturated rings. The molecule has 2 N–H and O–H groups in total. The number of nitrogens with one attached hydrogen (secondary N) is 1. The number of carbonyl (C=O) groups excluding carboxylic acids is 1. The molecule has 23 heavy (non-hydrogen) atoms. The minimum Gasteiger partial charge on any atom is -0.481 e. The molecular weight excluding hydrogens is 292 g/mol. The Labute approximate surface area is 138 Å². The summed E-state index contributed by atoms with van der Waals surface area (Å²) in [5.41, 5.74) is 0.122. The van der Waals surface area contributed by atoms with Crippen molar-refractivity contribution in [3.8, 4) is 11.8 Å². The molecule has 0 bridgehead atoms. The summed E-state index contributed by atoms with van der Waals surface area (Å²) in [5, 5.41) is 21.8. The quantitative estimate of drug-likeness (QED) is 0.809. The van der Waals surface area contributed by atoms with Crippen molar-refractivity contribution >= 4 is 5.91 Å². The second-order valence-electron chi connectivity index (χ2n) is 6.79. The minimum atomic E-state index is -0.657. The van der Waals surface area contributed by atoms with E-state index in [1.54, 1.807) is 31.2 Å². The number of aliphatic hydroxyl groups is 1. The zero-order valence-corrected chi connectivity index (χ0v) is 14.5. The van der Waals surface area contributed by atoms with Gasteiger partial charge in [-0.3, -0.25) is 4.79 Å². The zero-order chi connectivity index (χ0) is 17.6. The molecular formula is C18H26N2O3. The maximum atomic E-state index is 12.1. The van der Waals surface area contributed by atoms with Crippen LogP contribution >= 0.6 is 0 Å². The molecule has 5 heteroatoms. The molecule has 2 unspecified atom stereocenters. The first kappa shape index (κ1) is 19.0. The van der Waals surface area contributed by atoms with Gasteiger partial charge in [0.2, 0.25) is 0 Å². The van der Waals surface area contributed by atoms with Gasteiger partial charge in [0.25, 0.3) is 5.91 Å². The van der Waals surface area contributed by atoms with E-state index in [1.807, 2.05) is 33.8 Å². The molecule has 126 valence electrons. The van der Waals surface area contributed by atoms with Gasteiger partial charge < -0.3 is 15.2 Å². The highest BCUT2D eigenvalue weighted by atomic mass is 16.5. The van der Waals surface area contributed by atoms with E-state index in [9.17, 15) is 9.90 Å². The van der Waals surface area contributed by atoms with Crippen LogP contribution in [0.4, 0.5) is 0 Å². The number of benzene rings is 1. The van der Waals surface area contributed by atoms with Crippen LogP contribution < -0.4 is 10.1 Å². The molecule has 0 saturated carbocycles. The molecule has 1 rings (SSSR count). The maximum absolute atomic E-state index is 12.1. The summed E-state index contributed by atoms with van der Waals surface area (Å²) in [7, 11) is 0. The Kier molecular flexibility index (Phi) is 6.59. The topological polar surface area (TPSA) is 82.3 Å². The third-order valence-corrected chi connectivity index (χ3v) is 3.82. The standard InChI is InChI=1S/C18H26N2O3/c1-12(2)16(21)18(4,5)11-20-17(22)13(3)23-15-8-6-14(10-19)7-9-15/h6-9,12-13,16,21H,11H2,1-5H3,(H,20,22). The van der Waals surface area contributed by atoms with Gasteiger partial charge in [-0.05, 0) is 37.1 Å². The summed E-state index contributed by atoms with van der Waals surface area (Å²) in [4.78, 5) is 12.1. The average molecular weight is 318 g/mol. The van der Waals surface area contributed by atoms with Crippen LogP contribution in [0.1, 0.15) is 40.2 Å². The van der Waals surface area contributed by atoms with Gasteiger partial charge in [0.05, 0.1) is 17.7 Å². The minimum absolute atomic E-state index is 0.120. The lowest BCUT2D eigenvalue weighted by molar-refractivity contribution is -0.128. The first-order chi connectivity index (χ1) is 10.7. The number of amides is 1. The van der Waals surface area contributed by atoms with Crippen molar-refractivity contribution < 1.29 is 14.6 Å². The predicted octanol–water partition coefficient (Wildman–Crippen LogP) is 2.48. The number of hydrogen-bond donors (Lipinski definition) is 2. The largest absolute Gasteiger partial charge is 0.481 e.